The van der Waals surface area contributed by atoms with Crippen LogP contribution < -0.4 is 5.32 Å². The third-order valence-electron chi connectivity index (χ3n) is 3.22. The summed E-state index contributed by atoms with van der Waals surface area (Å²) in [4.78, 5) is 0. The Morgan fingerprint density at radius 3 is 2.60 bits per heavy atom. The second-order valence-corrected chi connectivity index (χ2v) is 6.69. The van der Waals surface area contributed by atoms with Crippen LogP contribution in [-0.2, 0) is 10.0 Å². The minimum absolute atomic E-state index is 0.205. The molecule has 0 aromatic carbocycles. The van der Waals surface area contributed by atoms with Crippen molar-refractivity contribution in [2.75, 3.05) is 18.8 Å². The van der Waals surface area contributed by atoms with E-state index in [1.54, 1.807) is 4.31 Å². The van der Waals surface area contributed by atoms with Crippen molar-refractivity contribution in [3.05, 3.63) is 0 Å². The molecule has 0 spiro atoms. The number of nitrogens with one attached hydrogen (secondary N) is 1. The smallest absolute Gasteiger partial charge is 0.215 e. The Kier molecular flexibility index (Phi) is 3.33. The highest BCUT2D eigenvalue weighted by atomic mass is 32.2. The van der Waals surface area contributed by atoms with Gasteiger partial charge in [0.25, 0.3) is 0 Å². The molecular formula is C10H20N2O2S. The molecule has 0 amide bonds. The van der Waals surface area contributed by atoms with E-state index < -0.39 is 10.0 Å². The van der Waals surface area contributed by atoms with Gasteiger partial charge in [0.1, 0.15) is 0 Å². The molecule has 0 bridgehead atoms. The van der Waals surface area contributed by atoms with E-state index in [0.29, 0.717) is 19.1 Å². The van der Waals surface area contributed by atoms with E-state index in [1.807, 2.05) is 6.92 Å². The van der Waals surface area contributed by atoms with Gasteiger partial charge in [-0.25, -0.2) is 8.42 Å². The van der Waals surface area contributed by atoms with Crippen molar-refractivity contribution in [2.24, 2.45) is 0 Å². The zero-order valence-electron chi connectivity index (χ0n) is 9.28. The predicted molar refractivity (Wildman–Crippen MR) is 60.2 cm³/mol. The summed E-state index contributed by atoms with van der Waals surface area (Å²) < 4.78 is 25.5. The van der Waals surface area contributed by atoms with E-state index >= 15 is 0 Å². The summed E-state index contributed by atoms with van der Waals surface area (Å²) in [7, 11) is -3.01. The van der Waals surface area contributed by atoms with Gasteiger partial charge < -0.3 is 5.32 Å². The third kappa shape index (κ3) is 2.92. The lowest BCUT2D eigenvalue weighted by molar-refractivity contribution is 0.407. The summed E-state index contributed by atoms with van der Waals surface area (Å²) in [5.74, 6) is 0.258. The molecular weight excluding hydrogens is 212 g/mol. The van der Waals surface area contributed by atoms with Crippen LogP contribution in [0.1, 0.15) is 32.6 Å². The van der Waals surface area contributed by atoms with Crippen molar-refractivity contribution in [3.8, 4) is 0 Å². The van der Waals surface area contributed by atoms with Crippen molar-refractivity contribution < 1.29 is 8.42 Å². The molecule has 2 aliphatic rings. The van der Waals surface area contributed by atoms with Gasteiger partial charge in [0, 0.05) is 25.2 Å². The number of rotatable bonds is 5. The van der Waals surface area contributed by atoms with Crippen molar-refractivity contribution in [1.82, 2.24) is 9.62 Å². The van der Waals surface area contributed by atoms with Crippen molar-refractivity contribution in [2.45, 2.75) is 44.7 Å². The maximum absolute atomic E-state index is 11.9. The maximum atomic E-state index is 11.9. The molecule has 1 saturated carbocycles. The van der Waals surface area contributed by atoms with E-state index in [2.05, 4.69) is 5.32 Å². The Morgan fingerprint density at radius 1 is 1.33 bits per heavy atom. The van der Waals surface area contributed by atoms with Crippen LogP contribution in [0.4, 0.5) is 0 Å². The lowest BCUT2D eigenvalue weighted by atomic mass is 10.3. The first-order chi connectivity index (χ1) is 7.09. The van der Waals surface area contributed by atoms with Gasteiger partial charge in [-0.05, 0) is 32.6 Å². The van der Waals surface area contributed by atoms with Gasteiger partial charge in [0.15, 0.2) is 0 Å². The maximum Gasteiger partial charge on any atom is 0.215 e. The molecule has 1 atom stereocenters. The van der Waals surface area contributed by atoms with E-state index in [0.717, 1.165) is 12.8 Å². The molecule has 15 heavy (non-hydrogen) atoms. The second-order valence-electron chi connectivity index (χ2n) is 4.65. The van der Waals surface area contributed by atoms with Gasteiger partial charge >= 0.3 is 0 Å². The van der Waals surface area contributed by atoms with Gasteiger partial charge in [-0.1, -0.05) is 0 Å². The number of hydrogen-bond acceptors (Lipinski definition) is 3. The van der Waals surface area contributed by atoms with Gasteiger partial charge in [-0.15, -0.1) is 0 Å². The van der Waals surface area contributed by atoms with Crippen LogP contribution in [-0.4, -0.2) is 43.6 Å². The Hall–Kier alpha value is -0.130. The molecule has 1 aliphatic heterocycles. The first-order valence-corrected chi connectivity index (χ1v) is 7.43. The van der Waals surface area contributed by atoms with E-state index in [-0.39, 0.29) is 11.8 Å². The number of nitrogens with zero attached hydrogens (tertiary/aromatic N) is 1. The molecule has 0 radical (unpaired) electrons. The van der Waals surface area contributed by atoms with Gasteiger partial charge in [-0.3, -0.25) is 0 Å². The molecule has 4 nitrogen and oxygen atoms in total. The van der Waals surface area contributed by atoms with E-state index in [9.17, 15) is 8.42 Å². The zero-order valence-corrected chi connectivity index (χ0v) is 10.1. The fourth-order valence-electron chi connectivity index (χ4n) is 2.12. The fourth-order valence-corrected chi connectivity index (χ4v) is 3.79. The number of hydrogen-bond donors (Lipinski definition) is 1. The highest BCUT2D eigenvalue weighted by molar-refractivity contribution is 7.89. The average molecular weight is 232 g/mol. The summed E-state index contributed by atoms with van der Waals surface area (Å²) in [6.07, 6.45) is 4.44. The molecule has 2 rings (SSSR count). The largest absolute Gasteiger partial charge is 0.313 e. The monoisotopic (exact) mass is 232 g/mol. The van der Waals surface area contributed by atoms with E-state index in [4.69, 9.17) is 0 Å². The highest BCUT2D eigenvalue weighted by Crippen LogP contribution is 2.21. The van der Waals surface area contributed by atoms with Gasteiger partial charge in [-0.2, -0.15) is 4.31 Å². The van der Waals surface area contributed by atoms with Crippen LogP contribution >= 0.6 is 0 Å². The van der Waals surface area contributed by atoms with Crippen molar-refractivity contribution >= 4 is 10.0 Å². The quantitative estimate of drug-likeness (QED) is 0.753. The Labute approximate surface area is 92.1 Å². The summed E-state index contributed by atoms with van der Waals surface area (Å²) in [5.41, 5.74) is 0. The van der Waals surface area contributed by atoms with Crippen molar-refractivity contribution in [1.29, 1.82) is 0 Å². The zero-order chi connectivity index (χ0) is 10.9. The normalized spacial score (nSPS) is 28.5. The molecule has 0 aromatic heterocycles. The molecule has 1 heterocycles. The fraction of sp³-hybridized carbons (Fsp3) is 1.00. The lowest BCUT2D eigenvalue weighted by Gasteiger charge is -2.20. The highest BCUT2D eigenvalue weighted by Gasteiger charge is 2.31. The molecule has 1 saturated heterocycles. The van der Waals surface area contributed by atoms with Crippen molar-refractivity contribution in [3.63, 3.8) is 0 Å². The Balaban J connectivity index is 1.81. The third-order valence-corrected chi connectivity index (χ3v) is 5.20. The van der Waals surface area contributed by atoms with Crippen LogP contribution in [0.15, 0.2) is 0 Å². The van der Waals surface area contributed by atoms with Gasteiger partial charge in [0.05, 0.1) is 5.75 Å². The average Bonchev–Trinajstić information content (AvgIpc) is 2.86. The molecule has 2 fully saturated rings. The lowest BCUT2D eigenvalue weighted by Crippen LogP contribution is -2.38. The van der Waals surface area contributed by atoms with Crippen LogP contribution in [0.25, 0.3) is 0 Å². The summed E-state index contributed by atoms with van der Waals surface area (Å²) in [5, 5.41) is 3.25. The van der Waals surface area contributed by atoms with Crippen LogP contribution in [0.3, 0.4) is 0 Å². The molecule has 1 aliphatic carbocycles. The number of sulfonamides is 1. The Morgan fingerprint density at radius 2 is 2.07 bits per heavy atom. The molecule has 1 N–H and O–H groups in total. The standard InChI is InChI=1S/C10H20N2O2S/c1-9-3-2-7-12(9)15(13,14)8-6-11-10-4-5-10/h9-11H,2-8H2,1H3. The second kappa shape index (κ2) is 4.39. The topological polar surface area (TPSA) is 49.4 Å². The molecule has 1 unspecified atom stereocenters. The molecule has 5 heteroatoms. The van der Waals surface area contributed by atoms with Crippen LogP contribution in [0.2, 0.25) is 0 Å². The van der Waals surface area contributed by atoms with E-state index in [1.165, 1.54) is 12.8 Å². The summed E-state index contributed by atoms with van der Waals surface area (Å²) in [6.45, 7) is 3.32. The molecule has 0 aromatic rings. The Bertz CT molecular complexity index is 311. The summed E-state index contributed by atoms with van der Waals surface area (Å²) in [6, 6.07) is 0.798. The first-order valence-electron chi connectivity index (χ1n) is 5.82. The SMILES string of the molecule is CC1CCCN1S(=O)(=O)CCNC1CC1. The van der Waals surface area contributed by atoms with Crippen LogP contribution in [0.5, 0.6) is 0 Å². The first kappa shape index (κ1) is 11.4. The minimum atomic E-state index is -3.01. The van der Waals surface area contributed by atoms with Crippen LogP contribution in [0, 0.1) is 0 Å². The minimum Gasteiger partial charge on any atom is -0.313 e. The predicted octanol–water partition coefficient (Wildman–Crippen LogP) is 0.552. The summed E-state index contributed by atoms with van der Waals surface area (Å²) >= 11 is 0. The van der Waals surface area contributed by atoms with Gasteiger partial charge in [0.2, 0.25) is 10.0 Å². The molecule has 88 valence electrons.